The molecular weight excluding hydrogens is 190 g/mol. The number of carbonyl (C=O) groups excluding carboxylic acids is 1. The lowest BCUT2D eigenvalue weighted by atomic mass is 10.4. The number of carbonyl (C=O) groups is 1. The second-order valence-corrected chi connectivity index (χ2v) is 4.11. The number of aldehydes is 1. The third-order valence-corrected chi connectivity index (χ3v) is 2.99. The van der Waals surface area contributed by atoms with E-state index in [2.05, 4.69) is 0 Å². The normalized spacial score (nSPS) is 9.80. The van der Waals surface area contributed by atoms with E-state index in [9.17, 15) is 4.79 Å². The molecule has 0 spiro atoms. The van der Waals surface area contributed by atoms with Crippen molar-refractivity contribution in [1.82, 2.24) is 0 Å². The smallest absolute Gasteiger partial charge is 0.152 e. The topological polar surface area (TPSA) is 43.1 Å². The summed E-state index contributed by atoms with van der Waals surface area (Å²) < 4.78 is 1.36. The Morgan fingerprint density at radius 2 is 2.50 bits per heavy atom. The standard InChI is InChI=1S/C5H4ClNOS2/c6-4-1-3(2-8)5(9-4)10-7/h1-2H,7H2. The fourth-order valence-electron chi connectivity index (χ4n) is 0.532. The molecule has 0 aliphatic rings. The summed E-state index contributed by atoms with van der Waals surface area (Å²) in [4.78, 5) is 10.3. The van der Waals surface area contributed by atoms with E-state index in [0.29, 0.717) is 9.90 Å². The molecule has 1 rings (SSSR count). The molecule has 5 heteroatoms. The lowest BCUT2D eigenvalue weighted by Crippen LogP contribution is -1.79. The average molecular weight is 194 g/mol. The summed E-state index contributed by atoms with van der Waals surface area (Å²) in [6.45, 7) is 0. The maximum Gasteiger partial charge on any atom is 0.152 e. The van der Waals surface area contributed by atoms with Crippen LogP contribution in [-0.2, 0) is 0 Å². The second kappa shape index (κ2) is 3.39. The Kier molecular flexibility index (Phi) is 2.73. The molecule has 10 heavy (non-hydrogen) atoms. The number of thiophene rings is 1. The average Bonchev–Trinajstić information content (AvgIpc) is 2.30. The van der Waals surface area contributed by atoms with Crippen LogP contribution in [0.4, 0.5) is 0 Å². The first-order chi connectivity index (χ1) is 4.77. The quantitative estimate of drug-likeness (QED) is 0.579. The highest BCUT2D eigenvalue weighted by Gasteiger charge is 2.04. The first kappa shape index (κ1) is 8.07. The maximum absolute atomic E-state index is 10.3. The number of halogens is 1. The largest absolute Gasteiger partial charge is 0.298 e. The van der Waals surface area contributed by atoms with Crippen LogP contribution in [0.5, 0.6) is 0 Å². The van der Waals surface area contributed by atoms with Gasteiger partial charge in [0, 0.05) is 5.56 Å². The summed E-state index contributed by atoms with van der Waals surface area (Å²) in [7, 11) is 0. The minimum atomic E-state index is 0.572. The zero-order valence-electron chi connectivity index (χ0n) is 4.83. The molecule has 0 bridgehead atoms. The Balaban J connectivity index is 3.08. The molecule has 2 N–H and O–H groups in total. The molecule has 1 heterocycles. The van der Waals surface area contributed by atoms with E-state index in [1.54, 1.807) is 6.07 Å². The molecule has 2 nitrogen and oxygen atoms in total. The molecule has 0 atom stereocenters. The summed E-state index contributed by atoms with van der Waals surface area (Å²) in [6, 6.07) is 1.61. The van der Waals surface area contributed by atoms with E-state index in [1.165, 1.54) is 11.3 Å². The third-order valence-electron chi connectivity index (χ3n) is 0.929. The number of nitrogens with two attached hydrogens (primary N) is 1. The van der Waals surface area contributed by atoms with Crippen LogP contribution < -0.4 is 5.14 Å². The monoisotopic (exact) mass is 193 g/mol. The van der Waals surface area contributed by atoms with Gasteiger partial charge < -0.3 is 0 Å². The van der Waals surface area contributed by atoms with Crippen LogP contribution in [-0.4, -0.2) is 6.29 Å². The molecule has 1 aromatic heterocycles. The van der Waals surface area contributed by atoms with Crippen LogP contribution in [0, 0.1) is 0 Å². The van der Waals surface area contributed by atoms with Crippen molar-refractivity contribution in [2.24, 2.45) is 5.14 Å². The minimum absolute atomic E-state index is 0.572. The zero-order valence-corrected chi connectivity index (χ0v) is 7.22. The van der Waals surface area contributed by atoms with E-state index in [1.807, 2.05) is 0 Å². The Morgan fingerprint density at radius 3 is 2.90 bits per heavy atom. The van der Waals surface area contributed by atoms with Gasteiger partial charge in [-0.1, -0.05) is 11.6 Å². The Bertz CT molecular complexity index is 248. The molecule has 0 amide bonds. The van der Waals surface area contributed by atoms with Gasteiger partial charge in [0.25, 0.3) is 0 Å². The van der Waals surface area contributed by atoms with Gasteiger partial charge >= 0.3 is 0 Å². The van der Waals surface area contributed by atoms with Crippen molar-refractivity contribution < 1.29 is 4.79 Å². The van der Waals surface area contributed by atoms with Crippen LogP contribution in [0.15, 0.2) is 10.3 Å². The van der Waals surface area contributed by atoms with Crippen molar-refractivity contribution in [2.45, 2.75) is 4.21 Å². The molecule has 0 aliphatic carbocycles. The highest BCUT2D eigenvalue weighted by molar-refractivity contribution is 7.99. The van der Waals surface area contributed by atoms with Gasteiger partial charge in [0.15, 0.2) is 6.29 Å². The number of rotatable bonds is 2. The van der Waals surface area contributed by atoms with Gasteiger partial charge in [-0.3, -0.25) is 9.93 Å². The molecule has 54 valence electrons. The van der Waals surface area contributed by atoms with Gasteiger partial charge in [0.05, 0.1) is 8.55 Å². The zero-order chi connectivity index (χ0) is 7.56. The summed E-state index contributed by atoms with van der Waals surface area (Å²) in [5.74, 6) is 0. The third kappa shape index (κ3) is 1.52. The van der Waals surface area contributed by atoms with E-state index in [0.717, 1.165) is 22.4 Å². The Hall–Kier alpha value is -0.0300. The van der Waals surface area contributed by atoms with E-state index in [4.69, 9.17) is 16.7 Å². The summed E-state index contributed by atoms with van der Waals surface area (Å²) in [5, 5.41) is 5.25. The summed E-state index contributed by atoms with van der Waals surface area (Å²) in [5.41, 5.74) is 0.572. The van der Waals surface area contributed by atoms with Crippen LogP contribution in [0.2, 0.25) is 4.34 Å². The lowest BCUT2D eigenvalue weighted by Gasteiger charge is -1.85. The van der Waals surface area contributed by atoms with Crippen molar-refractivity contribution in [2.75, 3.05) is 0 Å². The molecular formula is C5H4ClNOS2. The molecule has 0 aromatic carbocycles. The van der Waals surface area contributed by atoms with Crippen molar-refractivity contribution in [3.05, 3.63) is 16.0 Å². The molecule has 0 radical (unpaired) electrons. The van der Waals surface area contributed by atoms with E-state index >= 15 is 0 Å². The SMILES string of the molecule is NSc1sc(Cl)cc1C=O. The first-order valence-corrected chi connectivity index (χ1v) is 4.46. The van der Waals surface area contributed by atoms with Gasteiger partial charge in [-0.2, -0.15) is 0 Å². The lowest BCUT2D eigenvalue weighted by molar-refractivity contribution is 0.112. The fraction of sp³-hybridized carbons (Fsp3) is 0. The highest BCUT2D eigenvalue weighted by atomic mass is 35.5. The maximum atomic E-state index is 10.3. The van der Waals surface area contributed by atoms with Crippen molar-refractivity contribution >= 4 is 41.2 Å². The molecule has 0 saturated carbocycles. The molecule has 0 saturated heterocycles. The van der Waals surface area contributed by atoms with Crippen LogP contribution in [0.25, 0.3) is 0 Å². The van der Waals surface area contributed by atoms with Gasteiger partial charge in [-0.05, 0) is 18.0 Å². The first-order valence-electron chi connectivity index (χ1n) is 2.39. The summed E-state index contributed by atoms with van der Waals surface area (Å²) >= 11 is 7.97. The number of hydrogen-bond acceptors (Lipinski definition) is 4. The molecule has 0 unspecified atom stereocenters. The van der Waals surface area contributed by atoms with Crippen LogP contribution in [0.1, 0.15) is 10.4 Å². The summed E-state index contributed by atoms with van der Waals surface area (Å²) in [6.07, 6.45) is 0.748. The predicted molar refractivity (Wildman–Crippen MR) is 44.8 cm³/mol. The predicted octanol–water partition coefficient (Wildman–Crippen LogP) is 2.18. The van der Waals surface area contributed by atoms with Crippen molar-refractivity contribution in [1.29, 1.82) is 0 Å². The van der Waals surface area contributed by atoms with Gasteiger partial charge in [0.1, 0.15) is 0 Å². The minimum Gasteiger partial charge on any atom is -0.298 e. The van der Waals surface area contributed by atoms with Crippen molar-refractivity contribution in [3.63, 3.8) is 0 Å². The Morgan fingerprint density at radius 1 is 1.80 bits per heavy atom. The van der Waals surface area contributed by atoms with E-state index in [-0.39, 0.29) is 0 Å². The molecule has 0 aliphatic heterocycles. The molecule has 0 fully saturated rings. The van der Waals surface area contributed by atoms with Crippen LogP contribution in [0.3, 0.4) is 0 Å². The van der Waals surface area contributed by atoms with Crippen LogP contribution >= 0.6 is 34.9 Å². The van der Waals surface area contributed by atoms with Gasteiger partial charge in [0.2, 0.25) is 0 Å². The Labute approximate surface area is 71.5 Å². The van der Waals surface area contributed by atoms with Gasteiger partial charge in [-0.15, -0.1) is 11.3 Å². The van der Waals surface area contributed by atoms with E-state index < -0.39 is 0 Å². The number of hydrogen-bond donors (Lipinski definition) is 1. The van der Waals surface area contributed by atoms with Gasteiger partial charge in [-0.25, -0.2) is 0 Å². The highest BCUT2D eigenvalue weighted by Crippen LogP contribution is 2.30. The fourth-order valence-corrected chi connectivity index (χ4v) is 2.31. The second-order valence-electron chi connectivity index (χ2n) is 1.53. The van der Waals surface area contributed by atoms with Crippen molar-refractivity contribution in [3.8, 4) is 0 Å². The molecule has 1 aromatic rings.